The van der Waals surface area contributed by atoms with Crippen LogP contribution >= 0.6 is 0 Å². The number of rotatable bonds is 10. The molecule has 3 unspecified atom stereocenters. The Morgan fingerprint density at radius 1 is 0.857 bits per heavy atom. The molecule has 4 amide bonds. The van der Waals surface area contributed by atoms with Gasteiger partial charge >= 0.3 is 0 Å². The van der Waals surface area contributed by atoms with Crippen molar-refractivity contribution in [3.8, 4) is 17.2 Å². The molecule has 0 spiro atoms. The highest BCUT2D eigenvalue weighted by Gasteiger charge is 2.44. The predicted molar refractivity (Wildman–Crippen MR) is 175 cm³/mol. The Morgan fingerprint density at radius 3 is 2.22 bits per heavy atom. The highest BCUT2D eigenvalue weighted by Crippen LogP contribution is 2.33. The average Bonchev–Trinajstić information content (AvgIpc) is 3.32. The molecule has 2 aromatic carbocycles. The van der Waals surface area contributed by atoms with Crippen molar-refractivity contribution >= 4 is 29.3 Å². The molecule has 3 N–H and O–H groups in total. The Kier molecular flexibility index (Phi) is 8.51. The lowest BCUT2D eigenvalue weighted by Crippen LogP contribution is -2.54. The highest BCUT2D eigenvalue weighted by molar-refractivity contribution is 6.23. The van der Waals surface area contributed by atoms with E-state index in [1.54, 1.807) is 31.3 Å². The normalized spacial score (nSPS) is 21.4. The van der Waals surface area contributed by atoms with E-state index in [0.29, 0.717) is 28.8 Å². The van der Waals surface area contributed by atoms with Crippen LogP contribution in [0.5, 0.6) is 17.2 Å². The summed E-state index contributed by atoms with van der Waals surface area (Å²) in [6.45, 7) is 3.69. The zero-order valence-electron chi connectivity index (χ0n) is 26.8. The van der Waals surface area contributed by atoms with E-state index in [-0.39, 0.29) is 42.0 Å². The smallest absolute Gasteiger partial charge is 0.262 e. The van der Waals surface area contributed by atoms with Crippen LogP contribution in [-0.4, -0.2) is 66.8 Å². The lowest BCUT2D eigenvalue weighted by atomic mass is 9.89. The van der Waals surface area contributed by atoms with Gasteiger partial charge in [-0.2, -0.15) is 0 Å². The molecule has 1 aliphatic carbocycles. The summed E-state index contributed by atoms with van der Waals surface area (Å²) in [6, 6.07) is 15.7. The number of amides is 4. The summed E-state index contributed by atoms with van der Waals surface area (Å²) < 4.78 is 12.0. The van der Waals surface area contributed by atoms with E-state index in [4.69, 9.17) is 9.47 Å². The Labute approximate surface area is 281 Å². The molecular formula is C36H34N6O7. The minimum atomic E-state index is -0.992. The molecule has 0 bridgehead atoms. The van der Waals surface area contributed by atoms with E-state index in [1.807, 2.05) is 36.4 Å². The monoisotopic (exact) mass is 662 g/mol. The van der Waals surface area contributed by atoms with Crippen molar-refractivity contribution in [2.75, 3.05) is 5.32 Å². The van der Waals surface area contributed by atoms with Crippen LogP contribution in [0.2, 0.25) is 0 Å². The SMILES string of the molecule is CC(O)c1ncc(Oc2ccc(C(C)c3ccc(O[C@H]4C[C@H](Nc5ccc6c(c5)C(=O)N(C5CCC(=O)NC5=O)C6=O)C4)cn3)cc2)cn1. The van der Waals surface area contributed by atoms with Crippen LogP contribution in [0.15, 0.2) is 73.2 Å². The number of hydrogen-bond donors (Lipinski definition) is 3. The number of pyridine rings is 1. The first kappa shape index (κ1) is 31.9. The number of hydrogen-bond acceptors (Lipinski definition) is 11. The number of anilines is 1. The second-order valence-corrected chi connectivity index (χ2v) is 12.5. The fraction of sp³-hybridized carbons (Fsp3) is 0.306. The molecule has 3 aliphatic rings. The van der Waals surface area contributed by atoms with E-state index in [2.05, 4.69) is 32.5 Å². The molecule has 1 saturated carbocycles. The number of aromatic nitrogens is 3. The van der Waals surface area contributed by atoms with Crippen molar-refractivity contribution in [1.29, 1.82) is 0 Å². The minimum absolute atomic E-state index is 0.00409. The van der Waals surface area contributed by atoms with Gasteiger partial charge < -0.3 is 19.9 Å². The zero-order chi connectivity index (χ0) is 34.2. The van der Waals surface area contributed by atoms with Crippen molar-refractivity contribution in [1.82, 2.24) is 25.2 Å². The van der Waals surface area contributed by atoms with Gasteiger partial charge in [-0.3, -0.25) is 34.4 Å². The highest BCUT2D eigenvalue weighted by atomic mass is 16.5. The Hall–Kier alpha value is -5.69. The molecule has 2 fully saturated rings. The van der Waals surface area contributed by atoms with Gasteiger partial charge in [-0.25, -0.2) is 9.97 Å². The van der Waals surface area contributed by atoms with Gasteiger partial charge in [-0.1, -0.05) is 19.1 Å². The van der Waals surface area contributed by atoms with E-state index >= 15 is 0 Å². The number of carbonyl (C=O) groups excluding carboxylic acids is 4. The largest absolute Gasteiger partial charge is 0.489 e. The van der Waals surface area contributed by atoms with E-state index in [1.165, 1.54) is 12.4 Å². The fourth-order valence-electron chi connectivity index (χ4n) is 6.21. The third kappa shape index (κ3) is 6.57. The summed E-state index contributed by atoms with van der Waals surface area (Å²) in [5.74, 6) is 0.0921. The molecule has 2 aromatic heterocycles. The van der Waals surface area contributed by atoms with Crippen LogP contribution in [0.25, 0.3) is 0 Å². The molecule has 1 saturated heterocycles. The predicted octanol–water partition coefficient (Wildman–Crippen LogP) is 4.29. The number of aliphatic hydroxyl groups excluding tert-OH is 1. The molecule has 4 heterocycles. The second kappa shape index (κ2) is 13.1. The summed E-state index contributed by atoms with van der Waals surface area (Å²) in [4.78, 5) is 63.7. The summed E-state index contributed by atoms with van der Waals surface area (Å²) in [6.07, 6.45) is 5.74. The maximum Gasteiger partial charge on any atom is 0.262 e. The van der Waals surface area contributed by atoms with Gasteiger partial charge in [0.05, 0.1) is 29.7 Å². The van der Waals surface area contributed by atoms with Crippen LogP contribution in [-0.2, 0) is 9.59 Å². The van der Waals surface area contributed by atoms with Crippen molar-refractivity contribution in [2.45, 2.75) is 69.7 Å². The lowest BCUT2D eigenvalue weighted by molar-refractivity contribution is -0.136. The number of carbonyl (C=O) groups is 4. The van der Waals surface area contributed by atoms with Gasteiger partial charge in [0, 0.05) is 42.6 Å². The maximum atomic E-state index is 13.1. The quantitative estimate of drug-likeness (QED) is 0.207. The zero-order valence-corrected chi connectivity index (χ0v) is 26.8. The molecule has 13 nitrogen and oxygen atoms in total. The average molecular weight is 663 g/mol. The minimum Gasteiger partial charge on any atom is -0.489 e. The molecule has 0 radical (unpaired) electrons. The molecular weight excluding hydrogens is 628 g/mol. The Balaban J connectivity index is 0.892. The van der Waals surface area contributed by atoms with Crippen molar-refractivity contribution in [3.05, 3.63) is 101 Å². The van der Waals surface area contributed by atoms with Gasteiger partial charge in [0.25, 0.3) is 11.8 Å². The first-order valence-electron chi connectivity index (χ1n) is 16.2. The van der Waals surface area contributed by atoms with Crippen LogP contribution in [0.3, 0.4) is 0 Å². The van der Waals surface area contributed by atoms with Crippen LogP contribution in [0.1, 0.15) is 89.4 Å². The maximum absolute atomic E-state index is 13.1. The number of piperidine rings is 1. The molecule has 3 atom stereocenters. The number of imide groups is 2. The van der Waals surface area contributed by atoms with Crippen molar-refractivity contribution in [2.24, 2.45) is 0 Å². The Bertz CT molecular complexity index is 1910. The van der Waals surface area contributed by atoms with E-state index in [9.17, 15) is 24.3 Å². The third-order valence-electron chi connectivity index (χ3n) is 9.05. The van der Waals surface area contributed by atoms with Crippen LogP contribution in [0.4, 0.5) is 5.69 Å². The molecule has 7 rings (SSSR count). The van der Waals surface area contributed by atoms with Crippen molar-refractivity contribution in [3.63, 3.8) is 0 Å². The standard InChI is InChI=1S/C36H34N6O7/c1-19(21-3-6-24(7-4-21)48-27-17-38-33(20(2)43)39-18-27)30-10-8-25(16-37-30)49-26-13-23(14-26)40-22-5-9-28-29(15-22)36(47)42(35(28)46)31-11-12-32(44)41-34(31)45/h3-10,15-20,23,26,31,40,43H,11-14H2,1-2H3,(H,41,44,45)/t19?,20?,23-,26-,31?. The van der Waals surface area contributed by atoms with E-state index in [0.717, 1.165) is 29.0 Å². The lowest BCUT2D eigenvalue weighted by Gasteiger charge is -2.36. The molecule has 13 heteroatoms. The first-order chi connectivity index (χ1) is 23.6. The van der Waals surface area contributed by atoms with Gasteiger partial charge in [0.1, 0.15) is 29.7 Å². The molecule has 250 valence electrons. The molecule has 4 aromatic rings. The van der Waals surface area contributed by atoms with Crippen LogP contribution in [0, 0.1) is 0 Å². The van der Waals surface area contributed by atoms with Gasteiger partial charge in [0.2, 0.25) is 11.8 Å². The van der Waals surface area contributed by atoms with Crippen LogP contribution < -0.4 is 20.1 Å². The first-order valence-corrected chi connectivity index (χ1v) is 16.2. The van der Waals surface area contributed by atoms with Gasteiger partial charge in [0.15, 0.2) is 11.6 Å². The summed E-state index contributed by atoms with van der Waals surface area (Å²) in [5.41, 5.74) is 3.17. The number of benzene rings is 2. The second-order valence-electron chi connectivity index (χ2n) is 12.5. The summed E-state index contributed by atoms with van der Waals surface area (Å²) >= 11 is 0. The third-order valence-corrected chi connectivity index (χ3v) is 9.05. The number of fused-ring (bicyclic) bond motifs is 1. The topological polar surface area (TPSA) is 173 Å². The number of aliphatic hydroxyl groups is 1. The number of nitrogens with one attached hydrogen (secondary N) is 2. The Morgan fingerprint density at radius 2 is 1.55 bits per heavy atom. The molecule has 2 aliphatic heterocycles. The number of nitrogens with zero attached hydrogens (tertiary/aromatic N) is 4. The van der Waals surface area contributed by atoms with Crippen molar-refractivity contribution < 1.29 is 33.8 Å². The van der Waals surface area contributed by atoms with Gasteiger partial charge in [-0.15, -0.1) is 0 Å². The fourth-order valence-corrected chi connectivity index (χ4v) is 6.21. The van der Waals surface area contributed by atoms with E-state index < -0.39 is 35.8 Å². The number of ether oxygens (including phenoxy) is 2. The summed E-state index contributed by atoms with van der Waals surface area (Å²) in [5, 5.41) is 15.2. The summed E-state index contributed by atoms with van der Waals surface area (Å²) in [7, 11) is 0. The molecule has 49 heavy (non-hydrogen) atoms. The van der Waals surface area contributed by atoms with Gasteiger partial charge in [-0.05, 0) is 61.4 Å².